The van der Waals surface area contributed by atoms with E-state index in [0.717, 1.165) is 0 Å². The second kappa shape index (κ2) is 6.08. The molecule has 110 valence electrons. The first kappa shape index (κ1) is 14.6. The van der Waals surface area contributed by atoms with Gasteiger partial charge in [0.25, 0.3) is 5.91 Å². The Morgan fingerprint density at radius 1 is 1.14 bits per heavy atom. The summed E-state index contributed by atoms with van der Waals surface area (Å²) in [7, 11) is 2.91. The van der Waals surface area contributed by atoms with Gasteiger partial charge in [-0.1, -0.05) is 0 Å². The molecular formula is C14H15N3O4. The molecule has 1 aromatic carbocycles. The highest BCUT2D eigenvalue weighted by Crippen LogP contribution is 2.19. The number of aryl methyl sites for hydroxylation is 1. The zero-order valence-electron chi connectivity index (χ0n) is 11.9. The van der Waals surface area contributed by atoms with Gasteiger partial charge in [-0.05, 0) is 30.7 Å². The summed E-state index contributed by atoms with van der Waals surface area (Å²) in [5, 5.41) is 11.9. The first-order chi connectivity index (χ1) is 10.0. The average molecular weight is 289 g/mol. The second-order valence-electron chi connectivity index (χ2n) is 4.23. The molecule has 0 unspecified atom stereocenters. The number of carbonyl (C=O) groups is 1. The fourth-order valence-corrected chi connectivity index (χ4v) is 1.74. The number of anilines is 1. The van der Waals surface area contributed by atoms with E-state index in [1.165, 1.54) is 38.5 Å². The molecule has 2 N–H and O–H groups in total. The molecule has 0 saturated carbocycles. The van der Waals surface area contributed by atoms with E-state index in [2.05, 4.69) is 15.3 Å². The van der Waals surface area contributed by atoms with E-state index >= 15 is 0 Å². The number of amides is 1. The molecule has 7 nitrogen and oxygen atoms in total. The lowest BCUT2D eigenvalue weighted by atomic mass is 10.1. The molecule has 0 atom stereocenters. The first-order valence-corrected chi connectivity index (χ1v) is 6.11. The molecule has 1 aromatic heterocycles. The number of benzene rings is 1. The number of nitrogens with zero attached hydrogens (tertiary/aromatic N) is 2. The highest BCUT2D eigenvalue weighted by atomic mass is 16.5. The van der Waals surface area contributed by atoms with E-state index in [4.69, 9.17) is 9.47 Å². The standard InChI is InChI=1S/C14H15N3O4/c1-8-6-9(18)4-5-10(8)13(19)17-14-15-11(20-2)7-12(16-14)21-3/h4-7,18H,1-3H3,(H,15,16,17,19). The minimum Gasteiger partial charge on any atom is -0.508 e. The fourth-order valence-electron chi connectivity index (χ4n) is 1.74. The number of phenolic OH excluding ortho intramolecular Hbond substituents is 1. The summed E-state index contributed by atoms with van der Waals surface area (Å²) in [4.78, 5) is 20.2. The summed E-state index contributed by atoms with van der Waals surface area (Å²) in [5.74, 6) is 0.342. The van der Waals surface area contributed by atoms with E-state index in [1.54, 1.807) is 6.92 Å². The van der Waals surface area contributed by atoms with E-state index in [-0.39, 0.29) is 29.4 Å². The Kier molecular flexibility index (Phi) is 4.22. The summed E-state index contributed by atoms with van der Waals surface area (Å²) in [6.45, 7) is 1.72. The second-order valence-corrected chi connectivity index (χ2v) is 4.23. The monoisotopic (exact) mass is 289 g/mol. The van der Waals surface area contributed by atoms with Crippen LogP contribution >= 0.6 is 0 Å². The molecule has 1 amide bonds. The van der Waals surface area contributed by atoms with Gasteiger partial charge >= 0.3 is 0 Å². The summed E-state index contributed by atoms with van der Waals surface area (Å²) < 4.78 is 10.0. The minimum atomic E-state index is -0.386. The number of methoxy groups -OCH3 is 2. The lowest BCUT2D eigenvalue weighted by molar-refractivity contribution is 0.102. The molecule has 21 heavy (non-hydrogen) atoms. The van der Waals surface area contributed by atoms with Crippen LogP contribution < -0.4 is 14.8 Å². The molecule has 7 heteroatoms. The number of hydrogen-bond acceptors (Lipinski definition) is 6. The molecular weight excluding hydrogens is 274 g/mol. The van der Waals surface area contributed by atoms with Crippen LogP contribution in [0.15, 0.2) is 24.3 Å². The molecule has 1 heterocycles. The van der Waals surface area contributed by atoms with Crippen molar-refractivity contribution in [2.45, 2.75) is 6.92 Å². The van der Waals surface area contributed by atoms with Crippen molar-refractivity contribution in [2.24, 2.45) is 0 Å². The minimum absolute atomic E-state index is 0.0728. The van der Waals surface area contributed by atoms with E-state index in [0.29, 0.717) is 11.1 Å². The van der Waals surface area contributed by atoms with E-state index in [9.17, 15) is 9.90 Å². The molecule has 0 spiro atoms. The number of hydrogen-bond donors (Lipinski definition) is 2. The summed E-state index contributed by atoms with van der Waals surface area (Å²) in [6.07, 6.45) is 0. The summed E-state index contributed by atoms with van der Waals surface area (Å²) in [5.41, 5.74) is 1.06. The van der Waals surface area contributed by atoms with Gasteiger partial charge < -0.3 is 14.6 Å². The van der Waals surface area contributed by atoms with Gasteiger partial charge in [-0.15, -0.1) is 0 Å². The maximum absolute atomic E-state index is 12.2. The molecule has 0 saturated heterocycles. The number of carbonyl (C=O) groups excluding carboxylic acids is 1. The van der Waals surface area contributed by atoms with Crippen molar-refractivity contribution in [1.82, 2.24) is 9.97 Å². The molecule has 0 aliphatic carbocycles. The maximum Gasteiger partial charge on any atom is 0.258 e. The van der Waals surface area contributed by atoms with Crippen LogP contribution in [0.5, 0.6) is 17.5 Å². The van der Waals surface area contributed by atoms with Crippen LogP contribution in [0.25, 0.3) is 0 Å². The SMILES string of the molecule is COc1cc(OC)nc(NC(=O)c2ccc(O)cc2C)n1. The van der Waals surface area contributed by atoms with Crippen molar-refractivity contribution >= 4 is 11.9 Å². The van der Waals surface area contributed by atoms with Crippen LogP contribution in [0.3, 0.4) is 0 Å². The van der Waals surface area contributed by atoms with Crippen molar-refractivity contribution in [1.29, 1.82) is 0 Å². The van der Waals surface area contributed by atoms with Crippen LogP contribution in [-0.4, -0.2) is 35.2 Å². The Morgan fingerprint density at radius 2 is 1.76 bits per heavy atom. The molecule has 0 fully saturated rings. The van der Waals surface area contributed by atoms with Crippen LogP contribution in [0.2, 0.25) is 0 Å². The van der Waals surface area contributed by atoms with E-state index < -0.39 is 0 Å². The van der Waals surface area contributed by atoms with Crippen molar-refractivity contribution in [3.05, 3.63) is 35.4 Å². The largest absolute Gasteiger partial charge is 0.508 e. The van der Waals surface area contributed by atoms with Crippen LogP contribution in [0, 0.1) is 6.92 Å². The van der Waals surface area contributed by atoms with Crippen LogP contribution in [0.4, 0.5) is 5.95 Å². The number of aromatic hydroxyl groups is 1. The predicted molar refractivity (Wildman–Crippen MR) is 75.9 cm³/mol. The van der Waals surface area contributed by atoms with Crippen molar-refractivity contribution in [2.75, 3.05) is 19.5 Å². The average Bonchev–Trinajstić information content (AvgIpc) is 2.46. The topological polar surface area (TPSA) is 93.6 Å². The highest BCUT2D eigenvalue weighted by Gasteiger charge is 2.13. The summed E-state index contributed by atoms with van der Waals surface area (Å²) in [6, 6.07) is 5.97. The van der Waals surface area contributed by atoms with Gasteiger partial charge in [-0.3, -0.25) is 10.1 Å². The van der Waals surface area contributed by atoms with Crippen molar-refractivity contribution in [3.63, 3.8) is 0 Å². The summed E-state index contributed by atoms with van der Waals surface area (Å²) >= 11 is 0. The third-order valence-corrected chi connectivity index (χ3v) is 2.78. The maximum atomic E-state index is 12.2. The Balaban J connectivity index is 2.26. The zero-order valence-corrected chi connectivity index (χ0v) is 11.9. The molecule has 0 bridgehead atoms. The van der Waals surface area contributed by atoms with Gasteiger partial charge in [0.15, 0.2) is 0 Å². The predicted octanol–water partition coefficient (Wildman–Crippen LogP) is 1.76. The van der Waals surface area contributed by atoms with Gasteiger partial charge in [0.1, 0.15) is 5.75 Å². The van der Waals surface area contributed by atoms with Crippen LogP contribution in [0.1, 0.15) is 15.9 Å². The zero-order chi connectivity index (χ0) is 15.4. The Labute approximate surface area is 121 Å². The fraction of sp³-hybridized carbons (Fsp3) is 0.214. The van der Waals surface area contributed by atoms with Gasteiger partial charge in [-0.25, -0.2) is 0 Å². The van der Waals surface area contributed by atoms with Crippen molar-refractivity contribution in [3.8, 4) is 17.5 Å². The van der Waals surface area contributed by atoms with Gasteiger partial charge in [-0.2, -0.15) is 9.97 Å². The molecule has 2 rings (SSSR count). The third-order valence-electron chi connectivity index (χ3n) is 2.78. The first-order valence-electron chi connectivity index (χ1n) is 6.11. The van der Waals surface area contributed by atoms with Gasteiger partial charge in [0.2, 0.25) is 17.7 Å². The molecule has 0 aliphatic heterocycles. The molecule has 0 radical (unpaired) electrons. The number of rotatable bonds is 4. The van der Waals surface area contributed by atoms with Crippen molar-refractivity contribution < 1.29 is 19.4 Å². The normalized spacial score (nSPS) is 10.0. The third kappa shape index (κ3) is 3.38. The smallest absolute Gasteiger partial charge is 0.258 e. The van der Waals surface area contributed by atoms with Gasteiger partial charge in [0, 0.05) is 5.56 Å². The van der Waals surface area contributed by atoms with E-state index in [1.807, 2.05) is 0 Å². The Bertz CT molecular complexity index is 651. The highest BCUT2D eigenvalue weighted by molar-refractivity contribution is 6.04. The number of aromatic nitrogens is 2. The lowest BCUT2D eigenvalue weighted by Crippen LogP contribution is -2.15. The number of ether oxygens (including phenoxy) is 2. The van der Waals surface area contributed by atoms with Gasteiger partial charge in [0.05, 0.1) is 20.3 Å². The Hall–Kier alpha value is -2.83. The van der Waals surface area contributed by atoms with Crippen LogP contribution in [-0.2, 0) is 0 Å². The molecule has 2 aromatic rings. The number of nitrogens with one attached hydrogen (secondary N) is 1. The Morgan fingerprint density at radius 3 is 2.29 bits per heavy atom. The quantitative estimate of drug-likeness (QED) is 0.890. The number of phenols is 1. The lowest BCUT2D eigenvalue weighted by Gasteiger charge is -2.09. The molecule has 0 aliphatic rings.